The summed E-state index contributed by atoms with van der Waals surface area (Å²) in [6.45, 7) is 5.38. The van der Waals surface area contributed by atoms with Gasteiger partial charge in [0.15, 0.2) is 0 Å². The fraction of sp³-hybridized carbons (Fsp3) is 0.571. The van der Waals surface area contributed by atoms with E-state index in [-0.39, 0.29) is 0 Å². The van der Waals surface area contributed by atoms with E-state index in [1.807, 2.05) is 0 Å². The topological polar surface area (TPSA) is 58.9 Å². The van der Waals surface area contributed by atoms with Crippen molar-refractivity contribution in [1.82, 2.24) is 0 Å². The van der Waals surface area contributed by atoms with Crippen LogP contribution in [-0.2, 0) is 0 Å². The number of rotatable bonds is 9. The zero-order chi connectivity index (χ0) is 14.1. The third kappa shape index (κ3) is 5.53. The molecule has 19 heavy (non-hydrogen) atoms. The first-order chi connectivity index (χ1) is 9.19. The van der Waals surface area contributed by atoms with Crippen molar-refractivity contribution in [2.24, 2.45) is 0 Å². The second-order valence-corrected chi connectivity index (χ2v) is 4.48. The lowest BCUT2D eigenvalue weighted by molar-refractivity contribution is 0.301. The molecule has 0 aliphatic heterocycles. The van der Waals surface area contributed by atoms with Crippen LogP contribution in [0.25, 0.3) is 0 Å². The van der Waals surface area contributed by atoms with E-state index >= 15 is 0 Å². The molecular formula is C14H23BO4. The highest BCUT2D eigenvalue weighted by molar-refractivity contribution is 6.59. The van der Waals surface area contributed by atoms with Crippen LogP contribution in [0.5, 0.6) is 11.5 Å². The predicted molar refractivity (Wildman–Crippen MR) is 77.1 cm³/mol. The average molecular weight is 266 g/mol. The number of hydrogen-bond acceptors (Lipinski definition) is 4. The summed E-state index contributed by atoms with van der Waals surface area (Å²) in [5.41, 5.74) is 0.352. The highest BCUT2D eigenvalue weighted by Gasteiger charge is 2.18. The zero-order valence-corrected chi connectivity index (χ0v) is 11.8. The summed E-state index contributed by atoms with van der Waals surface area (Å²) in [5, 5.41) is 18.8. The molecule has 2 N–H and O–H groups in total. The maximum atomic E-state index is 9.38. The van der Waals surface area contributed by atoms with Crippen molar-refractivity contribution in [2.75, 3.05) is 13.2 Å². The summed E-state index contributed by atoms with van der Waals surface area (Å²) >= 11 is 0. The van der Waals surface area contributed by atoms with Gasteiger partial charge < -0.3 is 19.5 Å². The van der Waals surface area contributed by atoms with Crippen LogP contribution in [0.1, 0.15) is 39.5 Å². The maximum absolute atomic E-state index is 9.38. The first kappa shape index (κ1) is 15.9. The van der Waals surface area contributed by atoms with E-state index in [9.17, 15) is 10.0 Å². The molecule has 0 spiro atoms. The highest BCUT2D eigenvalue weighted by Crippen LogP contribution is 2.17. The Morgan fingerprint density at radius 2 is 1.63 bits per heavy atom. The minimum Gasteiger partial charge on any atom is -0.494 e. The van der Waals surface area contributed by atoms with Gasteiger partial charge in [-0.15, -0.1) is 0 Å². The molecule has 0 saturated heterocycles. The van der Waals surface area contributed by atoms with Crippen LogP contribution in [0, 0.1) is 0 Å². The van der Waals surface area contributed by atoms with E-state index in [0.717, 1.165) is 25.7 Å². The van der Waals surface area contributed by atoms with Crippen LogP contribution in [0.2, 0.25) is 0 Å². The number of benzene rings is 1. The molecule has 0 amide bonds. The Kier molecular flexibility index (Phi) is 7.37. The Labute approximate surface area is 115 Å². The molecule has 0 aromatic heterocycles. The fourth-order valence-corrected chi connectivity index (χ4v) is 1.61. The summed E-state index contributed by atoms with van der Waals surface area (Å²) in [5.74, 6) is 1.14. The van der Waals surface area contributed by atoms with Crippen molar-refractivity contribution in [2.45, 2.75) is 39.5 Å². The molecule has 1 rings (SSSR count). The lowest BCUT2D eigenvalue weighted by Gasteiger charge is -2.13. The Hall–Kier alpha value is -1.20. The minimum atomic E-state index is -1.55. The van der Waals surface area contributed by atoms with Crippen molar-refractivity contribution < 1.29 is 19.5 Å². The second kappa shape index (κ2) is 8.83. The quantitative estimate of drug-likeness (QED) is 0.528. The Morgan fingerprint density at radius 1 is 1.00 bits per heavy atom. The Balaban J connectivity index is 2.70. The van der Waals surface area contributed by atoms with Gasteiger partial charge in [-0.1, -0.05) is 26.7 Å². The first-order valence-electron chi connectivity index (χ1n) is 6.94. The van der Waals surface area contributed by atoms with Gasteiger partial charge in [-0.2, -0.15) is 0 Å². The van der Waals surface area contributed by atoms with Crippen LogP contribution < -0.4 is 14.9 Å². The van der Waals surface area contributed by atoms with Crippen molar-refractivity contribution in [3.8, 4) is 11.5 Å². The summed E-state index contributed by atoms with van der Waals surface area (Å²) in [6.07, 6.45) is 4.02. The number of hydrogen-bond donors (Lipinski definition) is 2. The third-order valence-corrected chi connectivity index (χ3v) is 2.78. The van der Waals surface area contributed by atoms with Gasteiger partial charge in [0, 0.05) is 5.46 Å². The molecule has 106 valence electrons. The maximum Gasteiger partial charge on any atom is 0.492 e. The van der Waals surface area contributed by atoms with Crippen LogP contribution >= 0.6 is 0 Å². The fourth-order valence-electron chi connectivity index (χ4n) is 1.61. The standard InChI is InChI=1S/C14H23BO4/c1-3-5-9-18-12-7-8-14(19-10-6-4-2)13(11-12)15(16)17/h7-8,11,16-17H,3-6,9-10H2,1-2H3. The van der Waals surface area contributed by atoms with Gasteiger partial charge in [0.25, 0.3) is 0 Å². The molecule has 5 heteroatoms. The van der Waals surface area contributed by atoms with Gasteiger partial charge in [0.1, 0.15) is 11.5 Å². The largest absolute Gasteiger partial charge is 0.494 e. The molecule has 0 saturated carbocycles. The first-order valence-corrected chi connectivity index (χ1v) is 6.94. The Bertz CT molecular complexity index is 368. The molecule has 0 aliphatic carbocycles. The van der Waals surface area contributed by atoms with Crippen LogP contribution in [-0.4, -0.2) is 30.4 Å². The zero-order valence-electron chi connectivity index (χ0n) is 11.8. The van der Waals surface area contributed by atoms with Gasteiger partial charge in [-0.3, -0.25) is 0 Å². The van der Waals surface area contributed by atoms with Gasteiger partial charge in [0.2, 0.25) is 0 Å². The normalized spacial score (nSPS) is 10.3. The van der Waals surface area contributed by atoms with Gasteiger partial charge >= 0.3 is 7.12 Å². The van der Waals surface area contributed by atoms with E-state index in [1.165, 1.54) is 0 Å². The second-order valence-electron chi connectivity index (χ2n) is 4.48. The molecule has 0 unspecified atom stereocenters. The summed E-state index contributed by atoms with van der Waals surface area (Å²) < 4.78 is 11.1. The van der Waals surface area contributed by atoms with Gasteiger partial charge in [-0.25, -0.2) is 0 Å². The van der Waals surface area contributed by atoms with Crippen LogP contribution in [0.15, 0.2) is 18.2 Å². The van der Waals surface area contributed by atoms with Crippen molar-refractivity contribution >= 4 is 12.6 Å². The van der Waals surface area contributed by atoms with E-state index < -0.39 is 7.12 Å². The van der Waals surface area contributed by atoms with E-state index in [2.05, 4.69) is 13.8 Å². The van der Waals surface area contributed by atoms with Crippen molar-refractivity contribution in [3.63, 3.8) is 0 Å². The minimum absolute atomic E-state index is 0.352. The van der Waals surface area contributed by atoms with Gasteiger partial charge in [0.05, 0.1) is 13.2 Å². The van der Waals surface area contributed by atoms with E-state index in [1.54, 1.807) is 18.2 Å². The molecule has 4 nitrogen and oxygen atoms in total. The van der Waals surface area contributed by atoms with Crippen molar-refractivity contribution in [1.29, 1.82) is 0 Å². The molecule has 0 aliphatic rings. The molecule has 0 fully saturated rings. The van der Waals surface area contributed by atoms with E-state index in [4.69, 9.17) is 9.47 Å². The number of unbranched alkanes of at least 4 members (excludes halogenated alkanes) is 2. The summed E-state index contributed by atoms with van der Waals surface area (Å²) in [6, 6.07) is 5.15. The lowest BCUT2D eigenvalue weighted by atomic mass is 9.79. The monoisotopic (exact) mass is 266 g/mol. The highest BCUT2D eigenvalue weighted by atomic mass is 16.5. The molecule has 0 bridgehead atoms. The number of ether oxygens (including phenoxy) is 2. The SMILES string of the molecule is CCCCOc1ccc(OCCCC)c(B(O)O)c1. The smallest absolute Gasteiger partial charge is 0.492 e. The summed E-state index contributed by atoms with van der Waals surface area (Å²) in [7, 11) is -1.55. The molecule has 1 aromatic carbocycles. The molecular weight excluding hydrogens is 243 g/mol. The average Bonchev–Trinajstić information content (AvgIpc) is 2.40. The van der Waals surface area contributed by atoms with Crippen molar-refractivity contribution in [3.05, 3.63) is 18.2 Å². The van der Waals surface area contributed by atoms with Crippen LogP contribution in [0.3, 0.4) is 0 Å². The third-order valence-electron chi connectivity index (χ3n) is 2.78. The molecule has 0 atom stereocenters. The van der Waals surface area contributed by atoms with Gasteiger partial charge in [-0.05, 0) is 31.0 Å². The lowest BCUT2D eigenvalue weighted by Crippen LogP contribution is -2.31. The molecule has 0 heterocycles. The predicted octanol–water partition coefficient (Wildman–Crippen LogP) is 1.72. The van der Waals surface area contributed by atoms with Crippen LogP contribution in [0.4, 0.5) is 0 Å². The van der Waals surface area contributed by atoms with E-state index in [0.29, 0.717) is 30.2 Å². The molecule has 0 radical (unpaired) electrons. The summed E-state index contributed by atoms with van der Waals surface area (Å²) in [4.78, 5) is 0. The Morgan fingerprint density at radius 3 is 2.21 bits per heavy atom. The molecule has 1 aromatic rings.